The van der Waals surface area contributed by atoms with Crippen molar-refractivity contribution in [3.63, 3.8) is 0 Å². The number of nitrogens with zero attached hydrogens (tertiary/aromatic N) is 1. The molecule has 2 aromatic carbocycles. The van der Waals surface area contributed by atoms with Crippen LogP contribution in [0.25, 0.3) is 0 Å². The van der Waals surface area contributed by atoms with Crippen LogP contribution in [0.3, 0.4) is 0 Å². The molecule has 0 unspecified atom stereocenters. The molecule has 2 fully saturated rings. The third kappa shape index (κ3) is 5.10. The second-order valence-electron chi connectivity index (χ2n) is 7.72. The number of hydrogen-bond acceptors (Lipinski definition) is 3. The average Bonchev–Trinajstić information content (AvgIpc) is 3.56. The molecule has 0 aromatic heterocycles. The lowest BCUT2D eigenvalue weighted by Gasteiger charge is -2.32. The Balaban J connectivity index is 1.29. The molecule has 4 nitrogen and oxygen atoms in total. The zero-order valence-electron chi connectivity index (χ0n) is 15.8. The monoisotopic (exact) mass is 364 g/mol. The maximum Gasteiger partial charge on any atom is 0.253 e. The van der Waals surface area contributed by atoms with Gasteiger partial charge >= 0.3 is 0 Å². The largest absolute Gasteiger partial charge is 0.489 e. The Morgan fingerprint density at radius 3 is 2.52 bits per heavy atom. The highest BCUT2D eigenvalue weighted by Gasteiger charge is 2.26. The Hall–Kier alpha value is -2.33. The second-order valence-corrected chi connectivity index (χ2v) is 7.72. The van der Waals surface area contributed by atoms with Gasteiger partial charge in [0, 0.05) is 24.7 Å². The number of rotatable bonds is 7. The van der Waals surface area contributed by atoms with Crippen LogP contribution < -0.4 is 10.1 Å². The molecule has 0 radical (unpaired) electrons. The molecule has 1 heterocycles. The summed E-state index contributed by atoms with van der Waals surface area (Å²) in [4.78, 5) is 14.8. The van der Waals surface area contributed by atoms with Gasteiger partial charge in [-0.15, -0.1) is 0 Å². The maximum atomic E-state index is 12.9. The van der Waals surface area contributed by atoms with E-state index < -0.39 is 0 Å². The van der Waals surface area contributed by atoms with E-state index in [0.717, 1.165) is 49.7 Å². The number of hydrogen-bond donors (Lipinski definition) is 1. The van der Waals surface area contributed by atoms with Crippen molar-refractivity contribution in [1.29, 1.82) is 0 Å². The predicted molar refractivity (Wildman–Crippen MR) is 107 cm³/mol. The summed E-state index contributed by atoms with van der Waals surface area (Å²) in [6.07, 6.45) is 4.85. The third-order valence-corrected chi connectivity index (χ3v) is 5.50. The molecular weight excluding hydrogens is 336 g/mol. The van der Waals surface area contributed by atoms with Gasteiger partial charge in [0.05, 0.1) is 0 Å². The highest BCUT2D eigenvalue weighted by Crippen LogP contribution is 2.28. The fourth-order valence-electron chi connectivity index (χ4n) is 3.58. The van der Waals surface area contributed by atoms with E-state index in [1.165, 1.54) is 12.8 Å². The first-order valence-corrected chi connectivity index (χ1v) is 10.1. The Morgan fingerprint density at radius 1 is 1.00 bits per heavy atom. The maximum absolute atomic E-state index is 12.9. The molecule has 4 heteroatoms. The Kier molecular flexibility index (Phi) is 5.73. The van der Waals surface area contributed by atoms with Crippen LogP contribution >= 0.6 is 0 Å². The molecule has 2 aliphatic rings. The van der Waals surface area contributed by atoms with Gasteiger partial charge in [0.1, 0.15) is 12.4 Å². The van der Waals surface area contributed by atoms with Gasteiger partial charge in [-0.1, -0.05) is 36.4 Å². The van der Waals surface area contributed by atoms with Crippen LogP contribution in [0.4, 0.5) is 0 Å². The van der Waals surface area contributed by atoms with Crippen LogP contribution in [0, 0.1) is 5.92 Å². The topological polar surface area (TPSA) is 41.6 Å². The molecule has 1 N–H and O–H groups in total. The summed E-state index contributed by atoms with van der Waals surface area (Å²) in [6.45, 7) is 3.32. The molecule has 1 aliphatic heterocycles. The minimum Gasteiger partial charge on any atom is -0.489 e. The molecule has 0 spiro atoms. The fourth-order valence-corrected chi connectivity index (χ4v) is 3.58. The SMILES string of the molecule is O=C(c1cccc(OCc2ccccc2)c1)N1CCC(NCC2CC2)CC1. The first-order valence-electron chi connectivity index (χ1n) is 10.1. The van der Waals surface area contributed by atoms with Gasteiger partial charge in [0.25, 0.3) is 5.91 Å². The third-order valence-electron chi connectivity index (χ3n) is 5.50. The lowest BCUT2D eigenvalue weighted by molar-refractivity contribution is 0.0704. The summed E-state index contributed by atoms with van der Waals surface area (Å²) in [5, 5.41) is 3.67. The average molecular weight is 364 g/mol. The minimum absolute atomic E-state index is 0.112. The Labute approximate surface area is 161 Å². The van der Waals surface area contributed by atoms with E-state index in [0.29, 0.717) is 18.2 Å². The number of amides is 1. The molecular formula is C23H28N2O2. The van der Waals surface area contributed by atoms with E-state index in [-0.39, 0.29) is 5.91 Å². The Bertz CT molecular complexity index is 750. The lowest BCUT2D eigenvalue weighted by Crippen LogP contribution is -2.45. The van der Waals surface area contributed by atoms with E-state index in [1.54, 1.807) is 0 Å². The van der Waals surface area contributed by atoms with Crippen molar-refractivity contribution < 1.29 is 9.53 Å². The van der Waals surface area contributed by atoms with Crippen molar-refractivity contribution in [2.24, 2.45) is 5.92 Å². The summed E-state index contributed by atoms with van der Waals surface area (Å²) < 4.78 is 5.87. The number of ether oxygens (including phenoxy) is 1. The van der Waals surface area contributed by atoms with Crippen LogP contribution in [0.1, 0.15) is 41.6 Å². The molecule has 1 saturated heterocycles. The molecule has 0 bridgehead atoms. The predicted octanol–water partition coefficient (Wildman–Crippen LogP) is 3.87. The van der Waals surface area contributed by atoms with E-state index in [4.69, 9.17) is 4.74 Å². The first-order chi connectivity index (χ1) is 13.3. The van der Waals surface area contributed by atoms with Crippen molar-refractivity contribution in [1.82, 2.24) is 10.2 Å². The van der Waals surface area contributed by atoms with Crippen molar-refractivity contribution in [2.45, 2.75) is 38.3 Å². The molecule has 1 aliphatic carbocycles. The van der Waals surface area contributed by atoms with Crippen molar-refractivity contribution in [2.75, 3.05) is 19.6 Å². The van der Waals surface area contributed by atoms with Crippen molar-refractivity contribution >= 4 is 5.91 Å². The van der Waals surface area contributed by atoms with Gasteiger partial charge in [-0.05, 0) is 61.9 Å². The van der Waals surface area contributed by atoms with Gasteiger partial charge in [-0.2, -0.15) is 0 Å². The molecule has 1 amide bonds. The van der Waals surface area contributed by atoms with E-state index in [1.807, 2.05) is 59.5 Å². The molecule has 0 atom stereocenters. The van der Waals surface area contributed by atoms with E-state index >= 15 is 0 Å². The van der Waals surface area contributed by atoms with Crippen LogP contribution in [-0.2, 0) is 6.61 Å². The summed E-state index contributed by atoms with van der Waals surface area (Å²) >= 11 is 0. The lowest BCUT2D eigenvalue weighted by atomic mass is 10.0. The summed E-state index contributed by atoms with van der Waals surface area (Å²) in [6, 6.07) is 18.2. The molecule has 27 heavy (non-hydrogen) atoms. The second kappa shape index (κ2) is 8.57. The summed E-state index contributed by atoms with van der Waals surface area (Å²) in [7, 11) is 0. The normalized spacial score (nSPS) is 17.7. The van der Waals surface area contributed by atoms with Gasteiger partial charge in [0.2, 0.25) is 0 Å². The number of nitrogens with one attached hydrogen (secondary N) is 1. The molecule has 1 saturated carbocycles. The van der Waals surface area contributed by atoms with Crippen molar-refractivity contribution in [3.8, 4) is 5.75 Å². The quantitative estimate of drug-likeness (QED) is 0.811. The number of likely N-dealkylation sites (tertiary alicyclic amines) is 1. The Morgan fingerprint density at radius 2 is 1.78 bits per heavy atom. The zero-order chi connectivity index (χ0) is 18.5. The summed E-state index contributed by atoms with van der Waals surface area (Å²) in [5.74, 6) is 1.76. The summed E-state index contributed by atoms with van der Waals surface area (Å²) in [5.41, 5.74) is 1.83. The van der Waals surface area contributed by atoms with Crippen molar-refractivity contribution in [3.05, 3.63) is 65.7 Å². The number of carbonyl (C=O) groups excluding carboxylic acids is 1. The van der Waals surface area contributed by atoms with Gasteiger partial charge < -0.3 is 15.0 Å². The van der Waals surface area contributed by atoms with E-state index in [9.17, 15) is 4.79 Å². The van der Waals surface area contributed by atoms with Gasteiger partial charge in [0.15, 0.2) is 0 Å². The molecule has 2 aromatic rings. The minimum atomic E-state index is 0.112. The zero-order valence-corrected chi connectivity index (χ0v) is 15.8. The van der Waals surface area contributed by atoms with Crippen LogP contribution in [-0.4, -0.2) is 36.5 Å². The highest BCUT2D eigenvalue weighted by molar-refractivity contribution is 5.94. The van der Waals surface area contributed by atoms with E-state index in [2.05, 4.69) is 5.32 Å². The highest BCUT2D eigenvalue weighted by atomic mass is 16.5. The van der Waals surface area contributed by atoms with Crippen LogP contribution in [0.5, 0.6) is 5.75 Å². The fraction of sp³-hybridized carbons (Fsp3) is 0.435. The standard InChI is InChI=1S/C23H28N2O2/c26-23(25-13-11-21(12-14-25)24-16-18-9-10-18)20-7-4-8-22(15-20)27-17-19-5-2-1-3-6-19/h1-8,15,18,21,24H,9-14,16-17H2. The van der Waals surface area contributed by atoms with Gasteiger partial charge in [-0.3, -0.25) is 4.79 Å². The molecule has 142 valence electrons. The number of benzene rings is 2. The number of piperidine rings is 1. The van der Waals surface area contributed by atoms with Crippen LogP contribution in [0.2, 0.25) is 0 Å². The van der Waals surface area contributed by atoms with Crippen LogP contribution in [0.15, 0.2) is 54.6 Å². The molecule has 4 rings (SSSR count). The first kappa shape index (κ1) is 18.1. The number of carbonyl (C=O) groups is 1. The van der Waals surface area contributed by atoms with Gasteiger partial charge in [-0.25, -0.2) is 0 Å². The smallest absolute Gasteiger partial charge is 0.253 e.